The summed E-state index contributed by atoms with van der Waals surface area (Å²) in [5.41, 5.74) is -0.534. The summed E-state index contributed by atoms with van der Waals surface area (Å²) in [4.78, 5) is 19.2. The van der Waals surface area contributed by atoms with Gasteiger partial charge >= 0.3 is 0 Å². The van der Waals surface area contributed by atoms with Crippen LogP contribution in [0.25, 0.3) is 0 Å². The number of aliphatic hydroxyl groups is 1. The number of nitrogens with one attached hydrogen (secondary N) is 3. The summed E-state index contributed by atoms with van der Waals surface area (Å²) in [7, 11) is -7.88. The van der Waals surface area contributed by atoms with Crippen LogP contribution in [0.2, 0.25) is 0 Å². The van der Waals surface area contributed by atoms with Crippen LogP contribution >= 0.6 is 0 Å². The number of aliphatic hydroxyl groups excluding tert-OH is 1. The number of halogens is 2. The van der Waals surface area contributed by atoms with Gasteiger partial charge in [0.1, 0.15) is 16.9 Å². The Labute approximate surface area is 232 Å². The van der Waals surface area contributed by atoms with Gasteiger partial charge in [0.15, 0.2) is 0 Å². The van der Waals surface area contributed by atoms with E-state index in [0.717, 1.165) is 0 Å². The molecule has 0 spiro atoms. The number of nitrogens with zero attached hydrogens (tertiary/aromatic N) is 2. The molecule has 1 aliphatic heterocycles. The van der Waals surface area contributed by atoms with E-state index in [-0.39, 0.29) is 59.3 Å². The van der Waals surface area contributed by atoms with Gasteiger partial charge in [-0.1, -0.05) is 6.07 Å². The first-order valence-electron chi connectivity index (χ1n) is 12.4. The molecule has 0 bridgehead atoms. The summed E-state index contributed by atoms with van der Waals surface area (Å²) in [6, 6.07) is 8.25. The van der Waals surface area contributed by atoms with E-state index < -0.39 is 49.4 Å². The average molecular weight is 602 g/mol. The van der Waals surface area contributed by atoms with E-state index in [1.54, 1.807) is 25.7 Å². The number of carbonyl (C=O) groups excluding carboxylic acids is 1. The summed E-state index contributed by atoms with van der Waals surface area (Å²) in [6.07, 6.45) is -1.69. The van der Waals surface area contributed by atoms with Gasteiger partial charge in [0.05, 0.1) is 17.1 Å². The molecule has 11 nitrogen and oxygen atoms in total. The zero-order valence-electron chi connectivity index (χ0n) is 22.5. The van der Waals surface area contributed by atoms with Gasteiger partial charge in [0, 0.05) is 24.3 Å². The second-order valence-electron chi connectivity index (χ2n) is 10.4. The van der Waals surface area contributed by atoms with Gasteiger partial charge in [-0.2, -0.15) is 8.78 Å². The monoisotopic (exact) mass is 601 g/mol. The number of hydrogen-bond acceptors (Lipinski definition) is 8. The highest BCUT2D eigenvalue weighted by molar-refractivity contribution is 7.93. The summed E-state index contributed by atoms with van der Waals surface area (Å²) >= 11 is 0. The van der Waals surface area contributed by atoms with Gasteiger partial charge < -0.3 is 15.3 Å². The van der Waals surface area contributed by atoms with E-state index >= 15 is 0 Å². The maximum Gasteiger partial charge on any atom is 0.269 e. The third-order valence-electron chi connectivity index (χ3n) is 5.93. The molecule has 0 aliphatic carbocycles. The van der Waals surface area contributed by atoms with Crippen LogP contribution < -0.4 is 19.7 Å². The Morgan fingerprint density at radius 3 is 2.33 bits per heavy atom. The van der Waals surface area contributed by atoms with Crippen LogP contribution in [0, 0.1) is 0 Å². The second-order valence-corrected chi connectivity index (χ2v) is 14.2. The molecule has 1 fully saturated rings. The molecule has 15 heteroatoms. The lowest BCUT2D eigenvalue weighted by atomic mass is 10.0. The fraction of sp³-hybridized carbons (Fsp3) is 0.440. The number of anilines is 3. The number of amides is 1. The van der Waals surface area contributed by atoms with E-state index in [0.29, 0.717) is 0 Å². The molecule has 1 atom stereocenters. The van der Waals surface area contributed by atoms with Crippen molar-refractivity contribution in [1.82, 2.24) is 9.71 Å². The normalized spacial score (nSPS) is 15.5. The predicted octanol–water partition coefficient (Wildman–Crippen LogP) is 3.28. The lowest BCUT2D eigenvalue weighted by molar-refractivity contribution is 0.102. The van der Waals surface area contributed by atoms with E-state index in [1.165, 1.54) is 43.3 Å². The maximum absolute atomic E-state index is 13.3. The minimum Gasteiger partial charge on any atom is -0.395 e. The minimum absolute atomic E-state index is 0.00206. The van der Waals surface area contributed by atoms with Gasteiger partial charge in [-0.15, -0.1) is 0 Å². The molecule has 0 radical (unpaired) electrons. The molecule has 220 valence electrons. The molecular formula is C25H33F2N5O6S2. The van der Waals surface area contributed by atoms with Crippen LogP contribution in [0.3, 0.4) is 0 Å². The number of piperidine rings is 1. The molecule has 0 unspecified atom stereocenters. The topological polar surface area (TPSA) is 158 Å². The Hall–Kier alpha value is -3.14. The zero-order valence-corrected chi connectivity index (χ0v) is 24.2. The van der Waals surface area contributed by atoms with E-state index in [2.05, 4.69) is 19.7 Å². The molecule has 1 saturated heterocycles. The largest absolute Gasteiger partial charge is 0.395 e. The van der Waals surface area contributed by atoms with Crippen molar-refractivity contribution in [2.24, 2.45) is 0 Å². The number of pyridine rings is 1. The van der Waals surface area contributed by atoms with Crippen molar-refractivity contribution in [3.8, 4) is 0 Å². The lowest BCUT2D eigenvalue weighted by Crippen LogP contribution is -2.40. The van der Waals surface area contributed by atoms with Crippen LogP contribution in [-0.4, -0.2) is 63.3 Å². The number of sulfonamides is 2. The van der Waals surface area contributed by atoms with Gasteiger partial charge in [0.25, 0.3) is 12.0 Å². The first-order chi connectivity index (χ1) is 18.5. The quantitative estimate of drug-likeness (QED) is 0.341. The summed E-state index contributed by atoms with van der Waals surface area (Å²) in [5.74, 6) is -0.728. The maximum atomic E-state index is 13.3. The van der Waals surface area contributed by atoms with E-state index in [4.69, 9.17) is 0 Å². The van der Waals surface area contributed by atoms with Crippen molar-refractivity contribution >= 4 is 43.3 Å². The van der Waals surface area contributed by atoms with Gasteiger partial charge in [0.2, 0.25) is 20.0 Å². The Balaban J connectivity index is 1.95. The summed E-state index contributed by atoms with van der Waals surface area (Å²) < 4.78 is 81.4. The molecule has 4 N–H and O–H groups in total. The number of aromatic nitrogens is 1. The first-order valence-corrected chi connectivity index (χ1v) is 15.4. The van der Waals surface area contributed by atoms with Crippen molar-refractivity contribution in [1.29, 1.82) is 0 Å². The summed E-state index contributed by atoms with van der Waals surface area (Å²) in [6.45, 7) is 5.98. The van der Waals surface area contributed by atoms with E-state index in [1.807, 2.05) is 0 Å². The fourth-order valence-electron chi connectivity index (χ4n) is 3.85. The SMILES string of the molecule is C[C@H](CO)S(=O)(=O)Nc1ccc(C(=O)Nc2cccc(S(=O)(=O)NC(C)(C)C)c2)c(N2CCC(=C(F)F)CC2)n1. The molecule has 1 amide bonds. The Morgan fingerprint density at radius 1 is 1.10 bits per heavy atom. The molecular weight excluding hydrogens is 568 g/mol. The van der Waals surface area contributed by atoms with E-state index in [9.17, 15) is 35.5 Å². The average Bonchev–Trinajstić information content (AvgIpc) is 2.86. The van der Waals surface area contributed by atoms with Crippen LogP contribution in [-0.2, 0) is 20.0 Å². The van der Waals surface area contributed by atoms with Crippen LogP contribution in [0.1, 0.15) is 50.9 Å². The first kappa shape index (κ1) is 31.4. The highest BCUT2D eigenvalue weighted by Crippen LogP contribution is 2.29. The lowest BCUT2D eigenvalue weighted by Gasteiger charge is -2.30. The number of carbonyl (C=O) groups is 1. The molecule has 40 heavy (non-hydrogen) atoms. The van der Waals surface area contributed by atoms with Gasteiger partial charge in [-0.25, -0.2) is 26.5 Å². The fourth-order valence-corrected chi connectivity index (χ4v) is 6.11. The predicted molar refractivity (Wildman–Crippen MR) is 148 cm³/mol. The third kappa shape index (κ3) is 7.96. The minimum atomic E-state index is -4.00. The van der Waals surface area contributed by atoms with Crippen molar-refractivity contribution < 1.29 is 35.5 Å². The van der Waals surface area contributed by atoms with Crippen LogP contribution in [0.5, 0.6) is 0 Å². The molecule has 2 aromatic rings. The van der Waals surface area contributed by atoms with Crippen molar-refractivity contribution in [3.05, 3.63) is 53.6 Å². The molecule has 0 saturated carbocycles. The Kier molecular flexibility index (Phi) is 9.54. The Bertz CT molecular complexity index is 1490. The highest BCUT2D eigenvalue weighted by Gasteiger charge is 2.27. The molecule has 1 aromatic heterocycles. The van der Waals surface area contributed by atoms with Crippen molar-refractivity contribution in [3.63, 3.8) is 0 Å². The molecule has 1 aromatic carbocycles. The summed E-state index contributed by atoms with van der Waals surface area (Å²) in [5, 5.41) is 10.8. The number of rotatable bonds is 9. The van der Waals surface area contributed by atoms with Crippen molar-refractivity contribution in [2.45, 2.75) is 56.2 Å². The zero-order chi connectivity index (χ0) is 29.9. The third-order valence-corrected chi connectivity index (χ3v) is 9.39. The number of benzene rings is 1. The van der Waals surface area contributed by atoms with Crippen molar-refractivity contribution in [2.75, 3.05) is 34.6 Å². The van der Waals surface area contributed by atoms with Crippen LogP contribution in [0.4, 0.5) is 26.1 Å². The number of hydrogen-bond donors (Lipinski definition) is 4. The molecule has 3 rings (SSSR count). The smallest absolute Gasteiger partial charge is 0.269 e. The van der Waals surface area contributed by atoms with Gasteiger partial charge in [-0.3, -0.25) is 9.52 Å². The standard InChI is InChI=1S/C25H33F2N5O6S2/c1-16(15-33)39(35,36)30-21-9-8-20(23(29-21)32-12-10-17(11-13-32)22(26)27)24(34)28-18-6-5-7-19(14-18)40(37,38)31-25(2,3)4/h5-9,14,16,31,33H,10-13,15H2,1-4H3,(H,28,34)(H,29,30)/t16-/m1/s1. The van der Waals surface area contributed by atoms with Crippen LogP contribution in [0.15, 0.2) is 52.9 Å². The second kappa shape index (κ2) is 12.2. The molecule has 1 aliphatic rings. The highest BCUT2D eigenvalue weighted by atomic mass is 32.2. The molecule has 2 heterocycles. The van der Waals surface area contributed by atoms with Gasteiger partial charge in [-0.05, 0) is 76.4 Å². The Morgan fingerprint density at radius 2 is 1.75 bits per heavy atom.